The van der Waals surface area contributed by atoms with Gasteiger partial charge in [-0.05, 0) is 93.0 Å². The minimum atomic E-state index is -1.11. The second-order valence-electron chi connectivity index (χ2n) is 11.6. The molecular weight excluding hydrogens is 584 g/mol. The Balaban J connectivity index is 0.000000471. The fourth-order valence-corrected chi connectivity index (χ4v) is 4.79. The molecule has 0 amide bonds. The van der Waals surface area contributed by atoms with Crippen LogP contribution in [-0.4, -0.2) is 42.5 Å². The highest BCUT2D eigenvalue weighted by Gasteiger charge is 2.26. The minimum Gasteiger partial charge on any atom is -0.497 e. The van der Waals surface area contributed by atoms with Gasteiger partial charge < -0.3 is 19.3 Å². The van der Waals surface area contributed by atoms with E-state index in [4.69, 9.17) is 14.6 Å². The quantitative estimate of drug-likeness (QED) is 0.0869. The number of ketones is 1. The summed E-state index contributed by atoms with van der Waals surface area (Å²) in [6, 6.07) is 12.7. The molecule has 2 aromatic carbocycles. The van der Waals surface area contributed by atoms with Gasteiger partial charge in [0.1, 0.15) is 17.1 Å². The first-order valence-electron chi connectivity index (χ1n) is 15.0. The number of allylic oxidation sites excluding steroid dienone is 9. The molecule has 0 saturated carbocycles. The Morgan fingerprint density at radius 1 is 0.935 bits per heavy atom. The van der Waals surface area contributed by atoms with Crippen LogP contribution in [0.15, 0.2) is 107 Å². The number of carboxylic acids is 1. The van der Waals surface area contributed by atoms with Crippen molar-refractivity contribution in [3.05, 3.63) is 118 Å². The van der Waals surface area contributed by atoms with Gasteiger partial charge in [-0.2, -0.15) is 0 Å². The smallest absolute Gasteiger partial charge is 0.339 e. The largest absolute Gasteiger partial charge is 0.497 e. The number of hydrogen-bond donors (Lipinski definition) is 1. The predicted molar refractivity (Wildman–Crippen MR) is 179 cm³/mol. The van der Waals surface area contributed by atoms with Gasteiger partial charge in [-0.15, -0.1) is 0 Å². The van der Waals surface area contributed by atoms with E-state index in [2.05, 4.69) is 44.6 Å². The molecule has 244 valence electrons. The van der Waals surface area contributed by atoms with E-state index in [1.54, 1.807) is 43.5 Å². The van der Waals surface area contributed by atoms with Crippen LogP contribution >= 0.6 is 0 Å². The highest BCUT2D eigenvalue weighted by Crippen LogP contribution is 2.40. The maximum Gasteiger partial charge on any atom is 0.339 e. The van der Waals surface area contributed by atoms with Gasteiger partial charge >= 0.3 is 17.9 Å². The molecule has 0 bridgehead atoms. The lowest BCUT2D eigenvalue weighted by molar-refractivity contribution is -0.136. The third-order valence-corrected chi connectivity index (χ3v) is 7.25. The fraction of sp³-hybridized carbons (Fsp3) is 0.316. The lowest BCUT2D eigenvalue weighted by Gasteiger charge is -2.32. The monoisotopic (exact) mass is 628 g/mol. The van der Waals surface area contributed by atoms with Gasteiger partial charge in [0.15, 0.2) is 12.4 Å². The molecule has 0 aromatic heterocycles. The van der Waals surface area contributed by atoms with E-state index in [1.165, 1.54) is 55.5 Å². The first-order chi connectivity index (χ1) is 21.7. The molecule has 0 spiro atoms. The molecule has 0 aliphatic heterocycles. The van der Waals surface area contributed by atoms with Crippen LogP contribution in [0.25, 0.3) is 0 Å². The van der Waals surface area contributed by atoms with Crippen molar-refractivity contribution in [2.75, 3.05) is 13.7 Å². The molecule has 8 nitrogen and oxygen atoms in total. The fourth-order valence-electron chi connectivity index (χ4n) is 4.79. The van der Waals surface area contributed by atoms with Gasteiger partial charge in [0, 0.05) is 18.6 Å². The number of benzene rings is 2. The Hall–Kier alpha value is -4.98. The Labute approximate surface area is 271 Å². The third kappa shape index (κ3) is 12.6. The van der Waals surface area contributed by atoms with Gasteiger partial charge in [0.05, 0.1) is 7.11 Å². The summed E-state index contributed by atoms with van der Waals surface area (Å²) in [6.45, 7) is 11.7. The molecule has 8 heteroatoms. The van der Waals surface area contributed by atoms with Crippen LogP contribution in [0, 0.1) is 5.41 Å². The summed E-state index contributed by atoms with van der Waals surface area (Å²) in [6.07, 6.45) is 15.2. The molecular formula is C38H44O8. The van der Waals surface area contributed by atoms with Gasteiger partial charge in [-0.1, -0.05) is 67.5 Å². The maximum absolute atomic E-state index is 12.1. The zero-order valence-electron chi connectivity index (χ0n) is 27.7. The van der Waals surface area contributed by atoms with Gasteiger partial charge in [-0.3, -0.25) is 9.59 Å². The van der Waals surface area contributed by atoms with E-state index in [-0.39, 0.29) is 29.1 Å². The number of carbonyl (C=O) groups excluding carboxylic acids is 3. The summed E-state index contributed by atoms with van der Waals surface area (Å²) in [5.74, 6) is -1.71. The van der Waals surface area contributed by atoms with Crippen LogP contribution in [-0.2, 0) is 14.3 Å². The zero-order chi connectivity index (χ0) is 34.3. The molecule has 0 atom stereocenters. The second-order valence-corrected chi connectivity index (χ2v) is 11.6. The summed E-state index contributed by atoms with van der Waals surface area (Å²) in [4.78, 5) is 45.4. The van der Waals surface area contributed by atoms with E-state index in [0.29, 0.717) is 11.3 Å². The molecule has 1 aliphatic rings. The van der Waals surface area contributed by atoms with Crippen molar-refractivity contribution in [1.29, 1.82) is 0 Å². The highest BCUT2D eigenvalue weighted by atomic mass is 16.5. The Morgan fingerprint density at radius 2 is 1.61 bits per heavy atom. The summed E-state index contributed by atoms with van der Waals surface area (Å²) < 4.78 is 14.8. The molecule has 46 heavy (non-hydrogen) atoms. The van der Waals surface area contributed by atoms with Crippen LogP contribution in [0.4, 0.5) is 0 Å². The molecule has 1 aliphatic carbocycles. The van der Waals surface area contributed by atoms with Gasteiger partial charge in [0.25, 0.3) is 0 Å². The molecule has 1 N–H and O–H groups in total. The van der Waals surface area contributed by atoms with Gasteiger partial charge in [-0.25, -0.2) is 9.59 Å². The van der Waals surface area contributed by atoms with Crippen LogP contribution in [0.3, 0.4) is 0 Å². The number of para-hydroxylation sites is 1. The van der Waals surface area contributed by atoms with E-state index >= 15 is 0 Å². The third-order valence-electron chi connectivity index (χ3n) is 7.25. The molecule has 0 fully saturated rings. The van der Waals surface area contributed by atoms with Crippen LogP contribution in [0.1, 0.15) is 81.5 Å². The average Bonchev–Trinajstić information content (AvgIpc) is 2.99. The first-order valence-corrected chi connectivity index (χ1v) is 15.0. The number of ether oxygens (including phenoxy) is 3. The highest BCUT2D eigenvalue weighted by molar-refractivity contribution is 5.98. The van der Waals surface area contributed by atoms with Gasteiger partial charge in [0.2, 0.25) is 0 Å². The number of Topliss-reactive ketones (excluding diaryl/α,β-unsaturated/α-hetero) is 1. The number of aromatic carboxylic acids is 1. The topological polar surface area (TPSA) is 116 Å². The number of carboxylic acid groups (broad SMARTS) is 1. The standard InChI is InChI=1S/C29H36O4.C9H8O4/c1-21(12-17-26-23(3)11-8-18-29(26,4)5)9-7-10-22(2)19-28(31)33-20-27(30)24-13-15-25(32-6)16-14-24;1-6(10)13-8-5-3-2-4-7(8)9(11)12/h7,9-10,12-17,19H,8,11,18,20H2,1-6H3;2-5H,1H3,(H,11,12)/b10-7+,17-12+,21-9+,22-19-;. The van der Waals surface area contributed by atoms with Crippen molar-refractivity contribution in [3.8, 4) is 11.5 Å². The predicted octanol–water partition coefficient (Wildman–Crippen LogP) is 8.26. The van der Waals surface area contributed by atoms with Crippen molar-refractivity contribution in [1.82, 2.24) is 0 Å². The Bertz CT molecular complexity index is 1550. The van der Waals surface area contributed by atoms with E-state index in [0.717, 1.165) is 11.1 Å². The normalized spacial score (nSPS) is 14.8. The van der Waals surface area contributed by atoms with E-state index < -0.39 is 17.9 Å². The molecule has 2 aromatic rings. The number of carbonyl (C=O) groups is 4. The lowest BCUT2D eigenvalue weighted by Crippen LogP contribution is -2.19. The number of rotatable bonds is 11. The summed E-state index contributed by atoms with van der Waals surface area (Å²) in [7, 11) is 1.56. The number of hydrogen-bond acceptors (Lipinski definition) is 7. The van der Waals surface area contributed by atoms with Crippen LogP contribution in [0.2, 0.25) is 0 Å². The minimum absolute atomic E-state index is 0.0160. The lowest BCUT2D eigenvalue weighted by atomic mass is 9.72. The Morgan fingerprint density at radius 3 is 2.22 bits per heavy atom. The molecule has 3 rings (SSSR count). The molecule has 0 heterocycles. The van der Waals surface area contributed by atoms with Crippen molar-refractivity contribution in [2.24, 2.45) is 5.41 Å². The van der Waals surface area contributed by atoms with E-state index in [1.807, 2.05) is 25.2 Å². The SMILES string of the molecule is CC(=O)Oc1ccccc1C(=O)O.COc1ccc(C(=O)COC(=O)\C=C(C)/C=C/C=C(C)/C=C/C2=C(C)CCCC2(C)C)cc1. The number of methoxy groups -OCH3 is 1. The van der Waals surface area contributed by atoms with Crippen molar-refractivity contribution < 1.29 is 38.5 Å². The second kappa shape index (κ2) is 18.1. The van der Waals surface area contributed by atoms with Crippen molar-refractivity contribution in [3.63, 3.8) is 0 Å². The Kier molecular flexibility index (Phi) is 14.6. The van der Waals surface area contributed by atoms with E-state index in [9.17, 15) is 19.2 Å². The summed E-state index contributed by atoms with van der Waals surface area (Å²) in [5.41, 5.74) is 5.48. The maximum atomic E-state index is 12.1. The average molecular weight is 629 g/mol. The van der Waals surface area contributed by atoms with Crippen LogP contribution in [0.5, 0.6) is 11.5 Å². The molecule has 0 radical (unpaired) electrons. The van der Waals surface area contributed by atoms with Crippen molar-refractivity contribution in [2.45, 2.75) is 60.8 Å². The van der Waals surface area contributed by atoms with Crippen molar-refractivity contribution >= 4 is 23.7 Å². The number of esters is 2. The summed E-state index contributed by atoms with van der Waals surface area (Å²) in [5, 5.41) is 8.69. The summed E-state index contributed by atoms with van der Waals surface area (Å²) >= 11 is 0. The zero-order valence-corrected chi connectivity index (χ0v) is 27.7. The molecule has 0 saturated heterocycles. The first kappa shape index (κ1) is 37.2. The van der Waals surface area contributed by atoms with Crippen LogP contribution < -0.4 is 9.47 Å². The molecule has 0 unspecified atom stereocenters.